The quantitative estimate of drug-likeness (QED) is 0.477. The molecular formula is C13H12ClNO3. The summed E-state index contributed by atoms with van der Waals surface area (Å²) in [5.41, 5.74) is 1.57. The van der Waals surface area contributed by atoms with Crippen molar-refractivity contribution < 1.29 is 9.34 Å². The molecule has 18 heavy (non-hydrogen) atoms. The minimum atomic E-state index is -0.389. The van der Waals surface area contributed by atoms with E-state index in [9.17, 15) is 10.1 Å². The van der Waals surface area contributed by atoms with Crippen molar-refractivity contribution >= 4 is 17.3 Å². The van der Waals surface area contributed by atoms with E-state index in [4.69, 9.17) is 16.0 Å². The summed E-state index contributed by atoms with van der Waals surface area (Å²) >= 11 is 6.25. The van der Waals surface area contributed by atoms with Crippen LogP contribution in [0.5, 0.6) is 0 Å². The summed E-state index contributed by atoms with van der Waals surface area (Å²) in [5, 5.41) is 10.6. The second-order valence-electron chi connectivity index (χ2n) is 4.05. The Labute approximate surface area is 109 Å². The summed E-state index contributed by atoms with van der Waals surface area (Å²) in [4.78, 5) is 10.5. The molecule has 0 radical (unpaired) electrons. The van der Waals surface area contributed by atoms with Gasteiger partial charge in [-0.15, -0.1) is 11.6 Å². The van der Waals surface area contributed by atoms with Gasteiger partial charge in [-0.25, -0.2) is 0 Å². The summed E-state index contributed by atoms with van der Waals surface area (Å²) in [5.74, 6) is 0.776. The zero-order chi connectivity index (χ0) is 13.1. The van der Waals surface area contributed by atoms with Gasteiger partial charge in [-0.1, -0.05) is 18.2 Å². The Morgan fingerprint density at radius 2 is 2.17 bits per heavy atom. The Bertz CT molecular complexity index is 565. The number of nitro benzene ring substituents is 1. The Morgan fingerprint density at radius 3 is 2.78 bits per heavy atom. The van der Waals surface area contributed by atoms with Crippen molar-refractivity contribution in [3.63, 3.8) is 0 Å². The molecule has 2 rings (SSSR count). The maximum atomic E-state index is 10.9. The fraction of sp³-hybridized carbons (Fsp3) is 0.231. The average molecular weight is 266 g/mol. The molecule has 0 saturated heterocycles. The van der Waals surface area contributed by atoms with Gasteiger partial charge >= 0.3 is 0 Å². The van der Waals surface area contributed by atoms with E-state index in [-0.39, 0.29) is 16.0 Å². The Kier molecular flexibility index (Phi) is 3.67. The van der Waals surface area contributed by atoms with Gasteiger partial charge in [-0.05, 0) is 19.4 Å². The van der Waals surface area contributed by atoms with Crippen molar-refractivity contribution in [1.82, 2.24) is 0 Å². The van der Waals surface area contributed by atoms with E-state index in [1.165, 1.54) is 6.07 Å². The number of hydrogen-bond acceptors (Lipinski definition) is 3. The minimum absolute atomic E-state index is 0.100. The number of benzene rings is 1. The highest BCUT2D eigenvalue weighted by molar-refractivity contribution is 6.20. The molecule has 0 aliphatic carbocycles. The lowest BCUT2D eigenvalue weighted by Crippen LogP contribution is -1.99. The highest BCUT2D eigenvalue weighted by Crippen LogP contribution is 2.30. The van der Waals surface area contributed by atoms with Crippen molar-refractivity contribution in [3.05, 3.63) is 63.6 Å². The molecule has 2 aromatic rings. The van der Waals surface area contributed by atoms with Crippen molar-refractivity contribution in [2.75, 3.05) is 0 Å². The van der Waals surface area contributed by atoms with Crippen LogP contribution in [0.4, 0.5) is 5.69 Å². The Balaban J connectivity index is 2.21. The number of halogens is 1. The van der Waals surface area contributed by atoms with Crippen LogP contribution in [0.1, 0.15) is 22.3 Å². The van der Waals surface area contributed by atoms with E-state index in [2.05, 4.69) is 0 Å². The molecule has 4 nitrogen and oxygen atoms in total. The molecule has 0 N–H and O–H groups in total. The molecule has 0 aliphatic heterocycles. The first kappa shape index (κ1) is 12.6. The standard InChI is InChI=1S/C13H12ClNO3/c1-9-6-11(8-18-9)12(14)7-10-4-2-3-5-13(10)15(16)17/h2-6,8,12H,7H2,1H3. The summed E-state index contributed by atoms with van der Waals surface area (Å²) in [6.45, 7) is 1.83. The number of alkyl halides is 1. The molecule has 1 unspecified atom stereocenters. The number of aryl methyl sites for hydroxylation is 1. The van der Waals surface area contributed by atoms with Gasteiger partial charge in [0.25, 0.3) is 5.69 Å². The first-order chi connectivity index (χ1) is 8.58. The second kappa shape index (κ2) is 5.23. The third-order valence-corrected chi connectivity index (χ3v) is 3.11. The fourth-order valence-corrected chi connectivity index (χ4v) is 2.08. The van der Waals surface area contributed by atoms with E-state index in [1.807, 2.05) is 13.0 Å². The van der Waals surface area contributed by atoms with Crippen molar-refractivity contribution in [3.8, 4) is 0 Å². The van der Waals surface area contributed by atoms with Crippen LogP contribution in [0.25, 0.3) is 0 Å². The molecule has 0 spiro atoms. The van der Waals surface area contributed by atoms with E-state index >= 15 is 0 Å². The molecule has 0 amide bonds. The van der Waals surface area contributed by atoms with Crippen LogP contribution in [-0.2, 0) is 6.42 Å². The number of rotatable bonds is 4. The van der Waals surface area contributed by atoms with Crippen LogP contribution in [0.3, 0.4) is 0 Å². The van der Waals surface area contributed by atoms with Crippen molar-refractivity contribution in [1.29, 1.82) is 0 Å². The molecule has 1 aromatic carbocycles. The molecule has 0 bridgehead atoms. The van der Waals surface area contributed by atoms with E-state index in [0.717, 1.165) is 11.3 Å². The van der Waals surface area contributed by atoms with Gasteiger partial charge in [-0.2, -0.15) is 0 Å². The molecule has 0 fully saturated rings. The summed E-state index contributed by atoms with van der Waals surface area (Å²) in [6.07, 6.45) is 1.99. The molecule has 94 valence electrons. The molecular weight excluding hydrogens is 254 g/mol. The zero-order valence-corrected chi connectivity index (χ0v) is 10.6. The van der Waals surface area contributed by atoms with E-state index in [1.54, 1.807) is 24.5 Å². The largest absolute Gasteiger partial charge is 0.469 e. The Morgan fingerprint density at radius 1 is 1.44 bits per heavy atom. The second-order valence-corrected chi connectivity index (χ2v) is 4.57. The summed E-state index contributed by atoms with van der Waals surface area (Å²) < 4.78 is 5.18. The SMILES string of the molecule is Cc1cc(C(Cl)Cc2ccccc2[N+](=O)[O-])co1. The van der Waals surface area contributed by atoms with Gasteiger partial charge in [0.05, 0.1) is 16.6 Å². The number of nitrogens with zero attached hydrogens (tertiary/aromatic N) is 1. The lowest BCUT2D eigenvalue weighted by Gasteiger charge is -2.07. The predicted octanol–water partition coefficient (Wildman–Crippen LogP) is 4.02. The number of hydrogen-bond donors (Lipinski definition) is 0. The number of nitro groups is 1. The van der Waals surface area contributed by atoms with Crippen LogP contribution >= 0.6 is 11.6 Å². The summed E-state index contributed by atoms with van der Waals surface area (Å²) in [6, 6.07) is 8.46. The molecule has 5 heteroatoms. The maximum Gasteiger partial charge on any atom is 0.272 e. The average Bonchev–Trinajstić information content (AvgIpc) is 2.76. The van der Waals surface area contributed by atoms with Crippen LogP contribution in [0.2, 0.25) is 0 Å². The van der Waals surface area contributed by atoms with E-state index in [0.29, 0.717) is 12.0 Å². The molecule has 1 atom stereocenters. The van der Waals surface area contributed by atoms with Crippen LogP contribution in [0, 0.1) is 17.0 Å². The Hall–Kier alpha value is -1.81. The van der Waals surface area contributed by atoms with Gasteiger partial charge in [-0.3, -0.25) is 10.1 Å². The zero-order valence-electron chi connectivity index (χ0n) is 9.80. The van der Waals surface area contributed by atoms with Gasteiger partial charge in [0.2, 0.25) is 0 Å². The lowest BCUT2D eigenvalue weighted by molar-refractivity contribution is -0.385. The number of furan rings is 1. The van der Waals surface area contributed by atoms with Crippen LogP contribution in [-0.4, -0.2) is 4.92 Å². The third-order valence-electron chi connectivity index (χ3n) is 2.70. The topological polar surface area (TPSA) is 56.3 Å². The molecule has 0 saturated carbocycles. The molecule has 1 aromatic heterocycles. The van der Waals surface area contributed by atoms with Gasteiger partial charge in [0.1, 0.15) is 5.76 Å². The molecule has 0 aliphatic rings. The smallest absolute Gasteiger partial charge is 0.272 e. The lowest BCUT2D eigenvalue weighted by atomic mass is 10.0. The van der Waals surface area contributed by atoms with Gasteiger partial charge < -0.3 is 4.42 Å². The first-order valence-corrected chi connectivity index (χ1v) is 5.93. The fourth-order valence-electron chi connectivity index (χ4n) is 1.80. The van der Waals surface area contributed by atoms with Crippen LogP contribution < -0.4 is 0 Å². The highest BCUT2D eigenvalue weighted by atomic mass is 35.5. The predicted molar refractivity (Wildman–Crippen MR) is 68.8 cm³/mol. The van der Waals surface area contributed by atoms with Crippen LogP contribution in [0.15, 0.2) is 41.0 Å². The monoisotopic (exact) mass is 265 g/mol. The maximum absolute atomic E-state index is 10.9. The molecule has 1 heterocycles. The van der Waals surface area contributed by atoms with Gasteiger partial charge in [0, 0.05) is 17.2 Å². The number of para-hydroxylation sites is 1. The minimum Gasteiger partial charge on any atom is -0.469 e. The van der Waals surface area contributed by atoms with Crippen molar-refractivity contribution in [2.24, 2.45) is 0 Å². The van der Waals surface area contributed by atoms with E-state index < -0.39 is 0 Å². The van der Waals surface area contributed by atoms with Crippen molar-refractivity contribution in [2.45, 2.75) is 18.7 Å². The highest BCUT2D eigenvalue weighted by Gasteiger charge is 2.18. The summed E-state index contributed by atoms with van der Waals surface area (Å²) in [7, 11) is 0. The first-order valence-electron chi connectivity index (χ1n) is 5.49. The van der Waals surface area contributed by atoms with Gasteiger partial charge in [0.15, 0.2) is 0 Å². The third kappa shape index (κ3) is 2.71. The normalized spacial score (nSPS) is 12.3.